The van der Waals surface area contributed by atoms with E-state index in [1.807, 2.05) is 0 Å². The lowest BCUT2D eigenvalue weighted by atomic mass is 10.1. The summed E-state index contributed by atoms with van der Waals surface area (Å²) < 4.78 is 24.9. The molecule has 2 aromatic carbocycles. The molecule has 7 nitrogen and oxygen atoms in total. The van der Waals surface area contributed by atoms with Crippen LogP contribution in [0.5, 0.6) is 5.75 Å². The number of aromatic carboxylic acids is 2. The second-order valence-electron chi connectivity index (χ2n) is 4.75. The third-order valence-electron chi connectivity index (χ3n) is 3.09. The monoisotopic (exact) mass is 336 g/mol. The molecular formula is C15H12O7S. The first-order valence-electron chi connectivity index (χ1n) is 6.32. The van der Waals surface area contributed by atoms with Gasteiger partial charge in [-0.3, -0.25) is 0 Å². The molecule has 8 heteroatoms. The Hall–Kier alpha value is -2.87. The van der Waals surface area contributed by atoms with E-state index < -0.39 is 38.0 Å². The smallest absolute Gasteiger partial charge is 0.337 e. The molecule has 0 saturated heterocycles. The number of carboxylic acid groups (broad SMARTS) is 2. The number of hydrogen-bond donors (Lipinski definition) is 3. The van der Waals surface area contributed by atoms with E-state index in [1.54, 1.807) is 0 Å². The summed E-state index contributed by atoms with van der Waals surface area (Å²) in [6, 6.07) is 8.19. The highest BCUT2D eigenvalue weighted by atomic mass is 32.2. The van der Waals surface area contributed by atoms with Crippen molar-refractivity contribution >= 4 is 21.8 Å². The van der Waals surface area contributed by atoms with Crippen LogP contribution in [0.15, 0.2) is 47.4 Å². The van der Waals surface area contributed by atoms with Crippen LogP contribution in [0.2, 0.25) is 0 Å². The zero-order chi connectivity index (χ0) is 17.2. The maximum atomic E-state index is 12.5. The summed E-state index contributed by atoms with van der Waals surface area (Å²) in [7, 11) is -4.08. The van der Waals surface area contributed by atoms with Crippen molar-refractivity contribution in [1.82, 2.24) is 0 Å². The predicted octanol–water partition coefficient (Wildman–Crippen LogP) is 1.76. The zero-order valence-electron chi connectivity index (χ0n) is 11.6. The van der Waals surface area contributed by atoms with Crippen LogP contribution < -0.4 is 0 Å². The number of sulfone groups is 1. The zero-order valence-corrected chi connectivity index (χ0v) is 12.4. The Balaban J connectivity index is 2.52. The van der Waals surface area contributed by atoms with Gasteiger partial charge >= 0.3 is 11.9 Å². The predicted molar refractivity (Wildman–Crippen MR) is 79.4 cm³/mol. The molecule has 0 aliphatic heterocycles. The summed E-state index contributed by atoms with van der Waals surface area (Å²) in [5.74, 6) is -3.38. The summed E-state index contributed by atoms with van der Waals surface area (Å²) in [4.78, 5) is 21.6. The molecule has 3 N–H and O–H groups in total. The number of rotatable bonds is 5. The molecule has 0 amide bonds. The molecule has 120 valence electrons. The van der Waals surface area contributed by atoms with Crippen molar-refractivity contribution < 1.29 is 33.3 Å². The van der Waals surface area contributed by atoms with Gasteiger partial charge in [-0.2, -0.15) is 0 Å². The summed E-state index contributed by atoms with van der Waals surface area (Å²) >= 11 is 0. The van der Waals surface area contributed by atoms with Crippen LogP contribution in [-0.2, 0) is 15.6 Å². The number of hydrogen-bond acceptors (Lipinski definition) is 5. The Bertz CT molecular complexity index is 867. The standard InChI is InChI=1S/C15H12O7S/c16-11-4-1-9(2-5-11)8-23(21,22)13-7-10(14(17)18)3-6-12(13)15(19)20/h1-7,16H,8H2,(H,17,18)(H,19,20). The fourth-order valence-corrected chi connectivity index (χ4v) is 3.56. The maximum Gasteiger partial charge on any atom is 0.337 e. The SMILES string of the molecule is O=C(O)c1ccc(C(=O)O)c(S(=O)(=O)Cc2ccc(O)cc2)c1. The summed E-state index contributed by atoms with van der Waals surface area (Å²) in [6.45, 7) is 0. The number of benzene rings is 2. The van der Waals surface area contributed by atoms with Gasteiger partial charge in [-0.1, -0.05) is 12.1 Å². The van der Waals surface area contributed by atoms with Crippen molar-refractivity contribution in [2.75, 3.05) is 0 Å². The third-order valence-corrected chi connectivity index (χ3v) is 4.81. The lowest BCUT2D eigenvalue weighted by molar-refractivity contribution is 0.0678. The van der Waals surface area contributed by atoms with Crippen molar-refractivity contribution in [2.24, 2.45) is 0 Å². The molecule has 0 aromatic heterocycles. The third kappa shape index (κ3) is 3.67. The van der Waals surface area contributed by atoms with Gasteiger partial charge < -0.3 is 15.3 Å². The molecule has 0 aliphatic carbocycles. The van der Waals surface area contributed by atoms with E-state index in [9.17, 15) is 23.1 Å². The minimum Gasteiger partial charge on any atom is -0.508 e. The van der Waals surface area contributed by atoms with E-state index in [4.69, 9.17) is 10.2 Å². The molecule has 0 aliphatic rings. The summed E-state index contributed by atoms with van der Waals surface area (Å²) in [5, 5.41) is 27.3. The maximum absolute atomic E-state index is 12.5. The quantitative estimate of drug-likeness (QED) is 0.758. The first-order chi connectivity index (χ1) is 10.7. The van der Waals surface area contributed by atoms with Crippen LogP contribution in [0.1, 0.15) is 26.3 Å². The van der Waals surface area contributed by atoms with Crippen LogP contribution in [0.4, 0.5) is 0 Å². The van der Waals surface area contributed by atoms with Gasteiger partial charge in [0, 0.05) is 0 Å². The lowest BCUT2D eigenvalue weighted by Gasteiger charge is -2.09. The Morgan fingerprint density at radius 3 is 2.04 bits per heavy atom. The van der Waals surface area contributed by atoms with Gasteiger partial charge in [0.2, 0.25) is 0 Å². The molecule has 0 unspecified atom stereocenters. The molecule has 0 fully saturated rings. The number of phenolic OH excluding ortho intramolecular Hbond substituents is 1. The van der Waals surface area contributed by atoms with E-state index in [-0.39, 0.29) is 11.3 Å². The Kier molecular flexibility index (Phi) is 4.37. The molecule has 0 spiro atoms. The normalized spacial score (nSPS) is 11.1. The van der Waals surface area contributed by atoms with Gasteiger partial charge in [-0.15, -0.1) is 0 Å². The largest absolute Gasteiger partial charge is 0.508 e. The van der Waals surface area contributed by atoms with Crippen molar-refractivity contribution in [3.63, 3.8) is 0 Å². The van der Waals surface area contributed by atoms with Crippen LogP contribution in [0.3, 0.4) is 0 Å². The van der Waals surface area contributed by atoms with Gasteiger partial charge in [-0.05, 0) is 35.9 Å². The van der Waals surface area contributed by atoms with Crippen molar-refractivity contribution in [3.8, 4) is 5.75 Å². The molecule has 2 aromatic rings. The highest BCUT2D eigenvalue weighted by Gasteiger charge is 2.24. The van der Waals surface area contributed by atoms with Crippen LogP contribution in [0.25, 0.3) is 0 Å². The Morgan fingerprint density at radius 1 is 0.913 bits per heavy atom. The average molecular weight is 336 g/mol. The van der Waals surface area contributed by atoms with Crippen molar-refractivity contribution in [2.45, 2.75) is 10.6 Å². The first-order valence-corrected chi connectivity index (χ1v) is 7.97. The van der Waals surface area contributed by atoms with Gasteiger partial charge in [-0.25, -0.2) is 18.0 Å². The van der Waals surface area contributed by atoms with E-state index in [0.717, 1.165) is 18.2 Å². The van der Waals surface area contributed by atoms with Crippen molar-refractivity contribution in [1.29, 1.82) is 0 Å². The first kappa shape index (κ1) is 16.5. The number of carboxylic acids is 2. The fourth-order valence-electron chi connectivity index (χ4n) is 1.98. The van der Waals surface area contributed by atoms with E-state index in [1.165, 1.54) is 24.3 Å². The molecule has 0 atom stereocenters. The van der Waals surface area contributed by atoms with Crippen LogP contribution in [-0.4, -0.2) is 35.7 Å². The number of aromatic hydroxyl groups is 1. The van der Waals surface area contributed by atoms with E-state index in [2.05, 4.69) is 0 Å². The minimum atomic E-state index is -4.08. The molecule has 0 radical (unpaired) electrons. The second-order valence-corrected chi connectivity index (χ2v) is 6.70. The second kappa shape index (κ2) is 6.09. The van der Waals surface area contributed by atoms with Crippen LogP contribution in [0, 0.1) is 0 Å². The molecule has 0 saturated carbocycles. The molecule has 0 bridgehead atoms. The highest BCUT2D eigenvalue weighted by Crippen LogP contribution is 2.23. The number of phenols is 1. The highest BCUT2D eigenvalue weighted by molar-refractivity contribution is 7.90. The van der Waals surface area contributed by atoms with Gasteiger partial charge in [0.15, 0.2) is 9.84 Å². The summed E-state index contributed by atoms with van der Waals surface area (Å²) in [6.07, 6.45) is 0. The Labute approximate surface area is 131 Å². The van der Waals surface area contributed by atoms with E-state index >= 15 is 0 Å². The van der Waals surface area contributed by atoms with Gasteiger partial charge in [0.05, 0.1) is 21.8 Å². The van der Waals surface area contributed by atoms with E-state index in [0.29, 0.717) is 5.56 Å². The fraction of sp³-hybridized carbons (Fsp3) is 0.0667. The average Bonchev–Trinajstić information content (AvgIpc) is 2.48. The van der Waals surface area contributed by atoms with Gasteiger partial charge in [0.1, 0.15) is 5.75 Å². The molecule has 2 rings (SSSR count). The topological polar surface area (TPSA) is 129 Å². The lowest BCUT2D eigenvalue weighted by Crippen LogP contribution is -2.13. The molecular weight excluding hydrogens is 324 g/mol. The number of carbonyl (C=O) groups is 2. The van der Waals surface area contributed by atoms with Gasteiger partial charge in [0.25, 0.3) is 0 Å². The molecule has 0 heterocycles. The van der Waals surface area contributed by atoms with Crippen LogP contribution >= 0.6 is 0 Å². The van der Waals surface area contributed by atoms with Crippen molar-refractivity contribution in [3.05, 3.63) is 59.2 Å². The summed E-state index contributed by atoms with van der Waals surface area (Å²) in [5.41, 5.74) is -0.479. The minimum absolute atomic E-state index is 0.0368. The molecule has 23 heavy (non-hydrogen) atoms. The Morgan fingerprint density at radius 2 is 1.52 bits per heavy atom.